The first-order chi connectivity index (χ1) is 3.30. The van der Waals surface area contributed by atoms with Crippen LogP contribution in [0.3, 0.4) is 0 Å². The molecule has 1 aliphatic heterocycles. The smallest absolute Gasteiger partial charge is 0.00675 e. The van der Waals surface area contributed by atoms with Gasteiger partial charge in [-0.2, -0.15) is 0 Å². The van der Waals surface area contributed by atoms with Gasteiger partial charge in [0.25, 0.3) is 0 Å². The van der Waals surface area contributed by atoms with Crippen LogP contribution in [0.5, 0.6) is 0 Å². The van der Waals surface area contributed by atoms with Crippen LogP contribution in [0.25, 0.3) is 0 Å². The summed E-state index contributed by atoms with van der Waals surface area (Å²) in [5, 5.41) is 0. The minimum Gasteiger partial charge on any atom is -0.301 e. The minimum atomic E-state index is 0.536. The molecule has 41 valence electrons. The molecular weight excluding hydrogens is 86.1 g/mol. The highest BCUT2D eigenvalue weighted by Crippen LogP contribution is 2.08. The van der Waals surface area contributed by atoms with Crippen LogP contribution in [0.1, 0.15) is 13.3 Å². The van der Waals surface area contributed by atoms with Crippen molar-refractivity contribution in [3.63, 3.8) is 0 Å². The Kier molecular flexibility index (Phi) is 1.33. The lowest BCUT2D eigenvalue weighted by Gasteiger charge is -2.34. The molecule has 7 heavy (non-hydrogen) atoms. The molecule has 0 saturated carbocycles. The van der Waals surface area contributed by atoms with Crippen LogP contribution in [-0.4, -0.2) is 24.0 Å². The maximum absolute atomic E-state index is 3.89. The highest BCUT2D eigenvalue weighted by molar-refractivity contribution is 4.75. The topological polar surface area (TPSA) is 3.24 Å². The normalized spacial score (nSPS) is 22.7. The molecule has 1 atom stereocenters. The molecule has 1 heterocycles. The summed E-state index contributed by atoms with van der Waals surface area (Å²) < 4.78 is 0. The SMILES string of the molecule is [CH2]C(C)N1CCC1. The number of nitrogens with zero attached hydrogens (tertiary/aromatic N) is 1. The Bertz CT molecular complexity index is 55.2. The first-order valence-corrected chi connectivity index (χ1v) is 2.88. The van der Waals surface area contributed by atoms with Gasteiger partial charge in [0, 0.05) is 6.04 Å². The van der Waals surface area contributed by atoms with Crippen LogP contribution in [0.15, 0.2) is 0 Å². The first-order valence-electron chi connectivity index (χ1n) is 2.88. The Morgan fingerprint density at radius 3 is 2.14 bits per heavy atom. The van der Waals surface area contributed by atoms with Gasteiger partial charge in [-0.1, -0.05) is 0 Å². The highest BCUT2D eigenvalue weighted by Gasteiger charge is 2.15. The Labute approximate surface area is 45.3 Å². The van der Waals surface area contributed by atoms with Crippen LogP contribution in [0.4, 0.5) is 0 Å². The van der Waals surface area contributed by atoms with E-state index in [2.05, 4.69) is 18.7 Å². The van der Waals surface area contributed by atoms with Gasteiger partial charge in [0.1, 0.15) is 0 Å². The van der Waals surface area contributed by atoms with Gasteiger partial charge >= 0.3 is 0 Å². The van der Waals surface area contributed by atoms with Crippen molar-refractivity contribution in [3.05, 3.63) is 6.92 Å². The van der Waals surface area contributed by atoms with E-state index in [1.54, 1.807) is 0 Å². The minimum absolute atomic E-state index is 0.536. The molecule has 1 heteroatoms. The molecule has 0 aliphatic carbocycles. The zero-order chi connectivity index (χ0) is 5.28. The lowest BCUT2D eigenvalue weighted by molar-refractivity contribution is 0.152. The second-order valence-corrected chi connectivity index (χ2v) is 2.24. The van der Waals surface area contributed by atoms with Gasteiger partial charge in [-0.15, -0.1) is 0 Å². The molecule has 1 saturated heterocycles. The predicted molar refractivity (Wildman–Crippen MR) is 31.0 cm³/mol. The number of hydrogen-bond donors (Lipinski definition) is 0. The van der Waals surface area contributed by atoms with E-state index < -0.39 is 0 Å². The summed E-state index contributed by atoms with van der Waals surface area (Å²) in [5.74, 6) is 0. The summed E-state index contributed by atoms with van der Waals surface area (Å²) in [4.78, 5) is 2.36. The molecule has 0 aromatic carbocycles. The zero-order valence-corrected chi connectivity index (χ0v) is 4.85. The summed E-state index contributed by atoms with van der Waals surface area (Å²) in [7, 11) is 0. The van der Waals surface area contributed by atoms with Crippen LogP contribution in [0, 0.1) is 6.92 Å². The van der Waals surface area contributed by atoms with Crippen molar-refractivity contribution in [2.45, 2.75) is 19.4 Å². The van der Waals surface area contributed by atoms with Crippen LogP contribution in [-0.2, 0) is 0 Å². The third kappa shape index (κ3) is 0.942. The van der Waals surface area contributed by atoms with Crippen LogP contribution >= 0.6 is 0 Å². The van der Waals surface area contributed by atoms with E-state index in [0.717, 1.165) is 0 Å². The Hall–Kier alpha value is -0.0400. The first kappa shape index (κ1) is 5.10. The van der Waals surface area contributed by atoms with Crippen molar-refractivity contribution >= 4 is 0 Å². The quantitative estimate of drug-likeness (QED) is 0.471. The Morgan fingerprint density at radius 2 is 2.14 bits per heavy atom. The largest absolute Gasteiger partial charge is 0.301 e. The third-order valence-corrected chi connectivity index (χ3v) is 1.51. The molecule has 0 amide bonds. The number of rotatable bonds is 1. The van der Waals surface area contributed by atoms with Gasteiger partial charge < -0.3 is 4.90 Å². The number of hydrogen-bond acceptors (Lipinski definition) is 1. The Balaban J connectivity index is 2.14. The molecule has 1 unspecified atom stereocenters. The highest BCUT2D eigenvalue weighted by atomic mass is 15.2. The van der Waals surface area contributed by atoms with E-state index in [9.17, 15) is 0 Å². The van der Waals surface area contributed by atoms with Gasteiger partial charge in [-0.05, 0) is 33.4 Å². The van der Waals surface area contributed by atoms with E-state index >= 15 is 0 Å². The van der Waals surface area contributed by atoms with Gasteiger partial charge in [-0.25, -0.2) is 0 Å². The molecule has 0 aromatic rings. The van der Waals surface area contributed by atoms with E-state index in [0.29, 0.717) is 6.04 Å². The summed E-state index contributed by atoms with van der Waals surface area (Å²) in [5.41, 5.74) is 0. The van der Waals surface area contributed by atoms with Gasteiger partial charge in [-0.3, -0.25) is 0 Å². The lowest BCUT2D eigenvalue weighted by Crippen LogP contribution is -2.42. The van der Waals surface area contributed by atoms with Crippen LogP contribution < -0.4 is 0 Å². The van der Waals surface area contributed by atoms with Crippen molar-refractivity contribution in [2.24, 2.45) is 0 Å². The summed E-state index contributed by atoms with van der Waals surface area (Å²) in [6.07, 6.45) is 1.37. The molecule has 1 fully saturated rings. The average molecular weight is 98.2 g/mol. The van der Waals surface area contributed by atoms with Gasteiger partial charge in [0.2, 0.25) is 0 Å². The van der Waals surface area contributed by atoms with Crippen molar-refractivity contribution < 1.29 is 0 Å². The van der Waals surface area contributed by atoms with Crippen LogP contribution in [0.2, 0.25) is 0 Å². The third-order valence-electron chi connectivity index (χ3n) is 1.51. The van der Waals surface area contributed by atoms with Crippen molar-refractivity contribution in [2.75, 3.05) is 13.1 Å². The molecule has 0 spiro atoms. The molecule has 1 aliphatic rings. The van der Waals surface area contributed by atoms with E-state index in [4.69, 9.17) is 0 Å². The van der Waals surface area contributed by atoms with Gasteiger partial charge in [0.05, 0.1) is 0 Å². The van der Waals surface area contributed by atoms with Crippen molar-refractivity contribution in [3.8, 4) is 0 Å². The summed E-state index contributed by atoms with van der Waals surface area (Å²) >= 11 is 0. The molecule has 1 nitrogen and oxygen atoms in total. The molecule has 0 aromatic heterocycles. The molecule has 1 rings (SSSR count). The monoisotopic (exact) mass is 98.1 g/mol. The molecule has 0 N–H and O–H groups in total. The fourth-order valence-electron chi connectivity index (χ4n) is 0.781. The zero-order valence-electron chi connectivity index (χ0n) is 4.85. The van der Waals surface area contributed by atoms with E-state index in [1.807, 2.05) is 0 Å². The number of likely N-dealkylation sites (tertiary alicyclic amines) is 1. The van der Waals surface area contributed by atoms with Crippen molar-refractivity contribution in [1.82, 2.24) is 4.90 Å². The maximum Gasteiger partial charge on any atom is 0.00675 e. The molecule has 1 radical (unpaired) electrons. The standard InChI is InChI=1S/C6H12N/c1-6(2)7-4-3-5-7/h6H,1,3-5H2,2H3. The fourth-order valence-corrected chi connectivity index (χ4v) is 0.781. The fraction of sp³-hybridized carbons (Fsp3) is 0.833. The molecular formula is C6H12N. The van der Waals surface area contributed by atoms with E-state index in [-0.39, 0.29) is 0 Å². The van der Waals surface area contributed by atoms with Gasteiger partial charge in [0.15, 0.2) is 0 Å². The van der Waals surface area contributed by atoms with Crippen molar-refractivity contribution in [1.29, 1.82) is 0 Å². The summed E-state index contributed by atoms with van der Waals surface area (Å²) in [6.45, 7) is 8.56. The molecule has 0 bridgehead atoms. The lowest BCUT2D eigenvalue weighted by atomic mass is 10.2. The Morgan fingerprint density at radius 1 is 1.57 bits per heavy atom. The average Bonchev–Trinajstić information content (AvgIpc) is 1.23. The predicted octanol–water partition coefficient (Wildman–Crippen LogP) is 0.915. The summed E-state index contributed by atoms with van der Waals surface area (Å²) in [6, 6.07) is 0.536. The van der Waals surface area contributed by atoms with E-state index in [1.165, 1.54) is 19.5 Å². The second-order valence-electron chi connectivity index (χ2n) is 2.24. The maximum atomic E-state index is 3.89. The second kappa shape index (κ2) is 1.83.